The van der Waals surface area contributed by atoms with Crippen molar-refractivity contribution in [2.24, 2.45) is 16.7 Å². The Morgan fingerprint density at radius 1 is 1.48 bits per heavy atom. The molecule has 2 aliphatic rings. The normalized spacial score (nSPS) is 28.5. The fraction of sp³-hybridized carbons (Fsp3) is 0.444. The van der Waals surface area contributed by atoms with E-state index >= 15 is 0 Å². The molecule has 1 aromatic heterocycles. The standard InChI is InChI=1S/C18H19BrN2OS/c1-10-17(2,3)11-6-7-18(10,9-11)15(22)21-16-20-13-5-4-12(19)8-14(13)23-16/h4-5,8,11H,1,6-7,9H2,2-3H3,(H,20,21,22). The van der Waals surface area contributed by atoms with Crippen molar-refractivity contribution in [1.82, 2.24) is 4.98 Å². The van der Waals surface area contributed by atoms with Gasteiger partial charge in [-0.1, -0.05) is 53.3 Å². The van der Waals surface area contributed by atoms with Crippen molar-refractivity contribution < 1.29 is 4.79 Å². The summed E-state index contributed by atoms with van der Waals surface area (Å²) >= 11 is 4.99. The summed E-state index contributed by atoms with van der Waals surface area (Å²) in [5.41, 5.74) is 1.68. The zero-order valence-corrected chi connectivity index (χ0v) is 15.7. The fourth-order valence-corrected chi connectivity index (χ4v) is 5.72. The maximum absolute atomic E-state index is 13.0. The minimum Gasteiger partial charge on any atom is -0.301 e. The van der Waals surface area contributed by atoms with Crippen LogP contribution < -0.4 is 5.32 Å². The molecule has 0 aliphatic heterocycles. The molecule has 3 nitrogen and oxygen atoms in total. The van der Waals surface area contributed by atoms with Crippen molar-refractivity contribution in [3.8, 4) is 0 Å². The van der Waals surface area contributed by atoms with Crippen LogP contribution in [0.4, 0.5) is 5.13 Å². The van der Waals surface area contributed by atoms with Crippen LogP contribution in [0.2, 0.25) is 0 Å². The number of nitrogens with one attached hydrogen (secondary N) is 1. The Morgan fingerprint density at radius 3 is 2.96 bits per heavy atom. The number of fused-ring (bicyclic) bond motifs is 3. The van der Waals surface area contributed by atoms with Crippen LogP contribution in [0.3, 0.4) is 0 Å². The molecule has 2 bridgehead atoms. The molecule has 5 heteroatoms. The maximum atomic E-state index is 13.0. The topological polar surface area (TPSA) is 42.0 Å². The van der Waals surface area contributed by atoms with E-state index < -0.39 is 5.41 Å². The van der Waals surface area contributed by atoms with E-state index in [2.05, 4.69) is 46.7 Å². The largest absolute Gasteiger partial charge is 0.301 e. The van der Waals surface area contributed by atoms with Gasteiger partial charge in [0.25, 0.3) is 0 Å². The van der Waals surface area contributed by atoms with Crippen LogP contribution in [-0.4, -0.2) is 10.9 Å². The Hall–Kier alpha value is -1.20. The fourth-order valence-electron chi connectivity index (χ4n) is 4.31. The summed E-state index contributed by atoms with van der Waals surface area (Å²) < 4.78 is 2.09. The first-order chi connectivity index (χ1) is 10.8. The van der Waals surface area contributed by atoms with Gasteiger partial charge < -0.3 is 5.32 Å². The van der Waals surface area contributed by atoms with Gasteiger partial charge in [-0.25, -0.2) is 4.98 Å². The summed E-state index contributed by atoms with van der Waals surface area (Å²) in [4.78, 5) is 17.6. The van der Waals surface area contributed by atoms with Crippen molar-refractivity contribution in [3.63, 3.8) is 0 Å². The summed E-state index contributed by atoms with van der Waals surface area (Å²) in [6, 6.07) is 5.96. The number of rotatable bonds is 2. The number of carbonyl (C=O) groups is 1. The average Bonchev–Trinajstić information content (AvgIpc) is 3.13. The predicted octanol–water partition coefficient (Wildman–Crippen LogP) is 5.38. The number of aromatic nitrogens is 1. The Bertz CT molecular complexity index is 841. The number of nitrogens with zero attached hydrogens (tertiary/aromatic N) is 1. The first kappa shape index (κ1) is 15.3. The lowest BCUT2D eigenvalue weighted by molar-refractivity contribution is -0.123. The first-order valence-corrected chi connectivity index (χ1v) is 9.51. The Labute approximate surface area is 148 Å². The lowest BCUT2D eigenvalue weighted by Gasteiger charge is -2.36. The van der Waals surface area contributed by atoms with Gasteiger partial charge in [0.2, 0.25) is 5.91 Å². The molecular formula is C18H19BrN2OS. The molecule has 4 rings (SSSR count). The lowest BCUT2D eigenvalue weighted by Crippen LogP contribution is -2.37. The van der Waals surface area contributed by atoms with Gasteiger partial charge in [-0.2, -0.15) is 0 Å². The molecule has 23 heavy (non-hydrogen) atoms. The molecule has 2 aromatic rings. The van der Waals surface area contributed by atoms with E-state index in [0.717, 1.165) is 39.5 Å². The van der Waals surface area contributed by atoms with Crippen LogP contribution in [0.1, 0.15) is 33.1 Å². The number of hydrogen-bond donors (Lipinski definition) is 1. The number of thiazole rings is 1. The molecule has 0 spiro atoms. The van der Waals surface area contributed by atoms with E-state index in [1.807, 2.05) is 18.2 Å². The van der Waals surface area contributed by atoms with E-state index in [4.69, 9.17) is 0 Å². The minimum atomic E-state index is -0.396. The molecule has 120 valence electrons. The summed E-state index contributed by atoms with van der Waals surface area (Å²) in [5.74, 6) is 0.653. The third-order valence-electron chi connectivity index (χ3n) is 5.90. The molecule has 2 saturated carbocycles. The van der Waals surface area contributed by atoms with Crippen LogP contribution in [0, 0.1) is 16.7 Å². The average molecular weight is 391 g/mol. The third kappa shape index (κ3) is 2.13. The van der Waals surface area contributed by atoms with E-state index in [0.29, 0.717) is 11.0 Å². The van der Waals surface area contributed by atoms with Gasteiger partial charge in [0.1, 0.15) is 0 Å². The van der Waals surface area contributed by atoms with Gasteiger partial charge >= 0.3 is 0 Å². The number of amides is 1. The van der Waals surface area contributed by atoms with Crippen LogP contribution in [-0.2, 0) is 4.79 Å². The highest BCUT2D eigenvalue weighted by Crippen LogP contribution is 2.65. The zero-order valence-electron chi connectivity index (χ0n) is 13.3. The van der Waals surface area contributed by atoms with Crippen molar-refractivity contribution in [1.29, 1.82) is 0 Å². The van der Waals surface area contributed by atoms with Crippen molar-refractivity contribution >= 4 is 48.5 Å². The van der Waals surface area contributed by atoms with Crippen LogP contribution in [0.5, 0.6) is 0 Å². The summed E-state index contributed by atoms with van der Waals surface area (Å²) in [6.45, 7) is 8.75. The zero-order chi connectivity index (χ0) is 16.4. The number of anilines is 1. The molecule has 0 radical (unpaired) electrons. The van der Waals surface area contributed by atoms with E-state index in [9.17, 15) is 4.79 Å². The second-order valence-corrected chi connectivity index (χ2v) is 9.25. The Morgan fingerprint density at radius 2 is 2.26 bits per heavy atom. The summed E-state index contributed by atoms with van der Waals surface area (Å²) in [5, 5.41) is 3.75. The van der Waals surface area contributed by atoms with Crippen molar-refractivity contribution in [2.75, 3.05) is 5.32 Å². The highest BCUT2D eigenvalue weighted by molar-refractivity contribution is 9.10. The molecule has 0 saturated heterocycles. The van der Waals surface area contributed by atoms with E-state index in [1.54, 1.807) is 0 Å². The molecule has 1 aromatic carbocycles. The van der Waals surface area contributed by atoms with E-state index in [-0.39, 0.29) is 11.3 Å². The van der Waals surface area contributed by atoms with Crippen molar-refractivity contribution in [2.45, 2.75) is 33.1 Å². The molecule has 2 atom stereocenters. The molecule has 2 unspecified atom stereocenters. The van der Waals surface area contributed by atoms with Gasteiger partial charge in [0.15, 0.2) is 5.13 Å². The van der Waals surface area contributed by atoms with E-state index in [1.165, 1.54) is 11.3 Å². The highest BCUT2D eigenvalue weighted by Gasteiger charge is 2.60. The number of benzene rings is 1. The van der Waals surface area contributed by atoms with Gasteiger partial charge in [-0.05, 0) is 48.8 Å². The molecule has 1 N–H and O–H groups in total. The smallest absolute Gasteiger partial charge is 0.236 e. The van der Waals surface area contributed by atoms with Gasteiger partial charge in [-0.3, -0.25) is 4.79 Å². The highest BCUT2D eigenvalue weighted by atomic mass is 79.9. The number of halogens is 1. The monoisotopic (exact) mass is 390 g/mol. The lowest BCUT2D eigenvalue weighted by atomic mass is 9.68. The number of hydrogen-bond acceptors (Lipinski definition) is 3. The SMILES string of the molecule is C=C1C2(C(=O)Nc3nc4ccc(Br)cc4s3)CCC(C2)C1(C)C. The van der Waals surface area contributed by atoms with Crippen LogP contribution >= 0.6 is 27.3 Å². The first-order valence-electron chi connectivity index (χ1n) is 7.90. The third-order valence-corrected chi connectivity index (χ3v) is 7.32. The maximum Gasteiger partial charge on any atom is 0.236 e. The summed E-state index contributed by atoms with van der Waals surface area (Å²) in [7, 11) is 0. The predicted molar refractivity (Wildman–Crippen MR) is 98.6 cm³/mol. The molecule has 2 fully saturated rings. The molecule has 2 aliphatic carbocycles. The van der Waals surface area contributed by atoms with Gasteiger partial charge in [0.05, 0.1) is 15.6 Å². The Kier molecular flexibility index (Phi) is 3.27. The van der Waals surface area contributed by atoms with Crippen molar-refractivity contribution in [3.05, 3.63) is 34.8 Å². The molecule has 1 heterocycles. The second kappa shape index (κ2) is 4.90. The van der Waals surface area contributed by atoms with Gasteiger partial charge in [0, 0.05) is 4.47 Å². The quantitative estimate of drug-likeness (QED) is 0.699. The van der Waals surface area contributed by atoms with Crippen LogP contribution in [0.15, 0.2) is 34.8 Å². The van der Waals surface area contributed by atoms with Gasteiger partial charge in [-0.15, -0.1) is 0 Å². The Balaban J connectivity index is 1.63. The minimum absolute atomic E-state index is 0.0635. The molecule has 1 amide bonds. The number of carbonyl (C=O) groups excluding carboxylic acids is 1. The summed E-state index contributed by atoms with van der Waals surface area (Å²) in [6.07, 6.45) is 2.97. The van der Waals surface area contributed by atoms with Crippen LogP contribution in [0.25, 0.3) is 10.2 Å². The second-order valence-electron chi connectivity index (χ2n) is 7.31. The molecular weight excluding hydrogens is 372 g/mol.